The lowest BCUT2D eigenvalue weighted by Crippen LogP contribution is -2.74. The van der Waals surface area contributed by atoms with Gasteiger partial charge < -0.3 is 15.7 Å². The summed E-state index contributed by atoms with van der Waals surface area (Å²) in [5.74, 6) is -5.58. The number of primary amides is 1. The molecular weight excluding hydrogens is 447 g/mol. The number of rotatable bonds is 6. The van der Waals surface area contributed by atoms with Gasteiger partial charge in [-0.1, -0.05) is 11.8 Å². The van der Waals surface area contributed by atoms with Crippen LogP contribution in [0, 0.1) is 5.92 Å². The molecule has 3 amide bonds. The van der Waals surface area contributed by atoms with Crippen molar-refractivity contribution < 1.29 is 37.5 Å². The van der Waals surface area contributed by atoms with Gasteiger partial charge in [0.15, 0.2) is 0 Å². The standard InChI is InChI=1S/C15H14F3N7O5S/c16-15(17,18)13(30)23-2-1-5-6(4-31-14-20-21-22-24(14)3-7(19)26)9(12(28)29)25-8(5)10(23)11(25)27/h5,8,10H,1-4H2,(H2,19,26)(H,28,29)/t5?,8-,10+/m1/s1. The van der Waals surface area contributed by atoms with Crippen LogP contribution in [0.4, 0.5) is 13.2 Å². The van der Waals surface area contributed by atoms with Crippen molar-refractivity contribution in [2.75, 3.05) is 12.3 Å². The van der Waals surface area contributed by atoms with Crippen LogP contribution in [0.3, 0.4) is 0 Å². The number of thioether (sulfide) groups is 1. The maximum Gasteiger partial charge on any atom is 0.471 e. The van der Waals surface area contributed by atoms with Crippen molar-refractivity contribution >= 4 is 35.5 Å². The summed E-state index contributed by atoms with van der Waals surface area (Å²) < 4.78 is 39.8. The number of aliphatic carboxylic acids is 1. The molecule has 0 aliphatic carbocycles. The second kappa shape index (κ2) is 7.21. The highest BCUT2D eigenvalue weighted by Crippen LogP contribution is 2.50. The Kier molecular flexibility index (Phi) is 4.90. The van der Waals surface area contributed by atoms with Gasteiger partial charge in [0.05, 0.1) is 6.04 Å². The molecule has 0 radical (unpaired) electrons. The number of nitrogens with zero attached hydrogens (tertiary/aromatic N) is 6. The molecule has 0 aromatic carbocycles. The lowest BCUT2D eigenvalue weighted by atomic mass is 9.78. The molecule has 0 bridgehead atoms. The highest BCUT2D eigenvalue weighted by Gasteiger charge is 2.65. The number of likely N-dealkylation sites (tertiary alicyclic amines) is 1. The Morgan fingerprint density at radius 3 is 2.61 bits per heavy atom. The van der Waals surface area contributed by atoms with E-state index >= 15 is 0 Å². The summed E-state index contributed by atoms with van der Waals surface area (Å²) in [7, 11) is 0. The van der Waals surface area contributed by atoms with E-state index in [1.54, 1.807) is 0 Å². The van der Waals surface area contributed by atoms with Crippen molar-refractivity contribution in [1.29, 1.82) is 0 Å². The number of carboxylic acids is 1. The van der Waals surface area contributed by atoms with Gasteiger partial charge in [0.25, 0.3) is 5.91 Å². The van der Waals surface area contributed by atoms with E-state index in [-0.39, 0.29) is 36.1 Å². The second-order valence-corrected chi connectivity index (χ2v) is 8.03. The van der Waals surface area contributed by atoms with Crippen LogP contribution >= 0.6 is 11.8 Å². The number of carbonyl (C=O) groups excluding carboxylic acids is 3. The molecular formula is C15H14F3N7O5S. The van der Waals surface area contributed by atoms with Gasteiger partial charge in [-0.2, -0.15) is 13.2 Å². The van der Waals surface area contributed by atoms with E-state index in [1.165, 1.54) is 0 Å². The van der Waals surface area contributed by atoms with Gasteiger partial charge in [-0.3, -0.25) is 19.3 Å². The minimum absolute atomic E-state index is 0.0195. The van der Waals surface area contributed by atoms with Gasteiger partial charge in [-0.15, -0.1) is 5.10 Å². The van der Waals surface area contributed by atoms with Crippen molar-refractivity contribution in [2.45, 2.75) is 36.4 Å². The van der Waals surface area contributed by atoms with Gasteiger partial charge in [-0.25, -0.2) is 9.48 Å². The van der Waals surface area contributed by atoms with Crippen LogP contribution in [-0.4, -0.2) is 89.4 Å². The maximum atomic E-state index is 12.9. The number of tetrazole rings is 1. The quantitative estimate of drug-likeness (QED) is 0.383. The topological polar surface area (TPSA) is 165 Å². The Balaban J connectivity index is 1.59. The molecule has 1 aromatic rings. The van der Waals surface area contributed by atoms with E-state index in [0.29, 0.717) is 10.5 Å². The van der Waals surface area contributed by atoms with Crippen LogP contribution in [0.2, 0.25) is 0 Å². The Bertz CT molecular complexity index is 1020. The number of alkyl halides is 3. The summed E-state index contributed by atoms with van der Waals surface area (Å²) in [5, 5.41) is 20.6. The maximum absolute atomic E-state index is 12.9. The number of hydrogen-bond donors (Lipinski definition) is 2. The van der Waals surface area contributed by atoms with E-state index in [2.05, 4.69) is 15.5 Å². The summed E-state index contributed by atoms with van der Waals surface area (Å²) >= 11 is 1.00. The summed E-state index contributed by atoms with van der Waals surface area (Å²) in [5.41, 5.74) is 5.15. The molecule has 12 nitrogen and oxygen atoms in total. The monoisotopic (exact) mass is 461 g/mol. The Hall–Kier alpha value is -3.17. The molecule has 4 heterocycles. The van der Waals surface area contributed by atoms with Gasteiger partial charge in [-0.05, 0) is 22.4 Å². The summed E-state index contributed by atoms with van der Waals surface area (Å²) in [6, 6.07) is -2.22. The molecule has 3 atom stereocenters. The van der Waals surface area contributed by atoms with Crippen molar-refractivity contribution in [3.8, 4) is 0 Å². The zero-order chi connectivity index (χ0) is 22.7. The van der Waals surface area contributed by atoms with E-state index < -0.39 is 47.9 Å². The van der Waals surface area contributed by atoms with Gasteiger partial charge in [0.2, 0.25) is 11.1 Å². The van der Waals surface area contributed by atoms with Crippen LogP contribution in [0.25, 0.3) is 0 Å². The van der Waals surface area contributed by atoms with E-state index in [9.17, 15) is 37.5 Å². The number of carboxylic acid groups (broad SMARTS) is 1. The first-order chi connectivity index (χ1) is 14.5. The highest BCUT2D eigenvalue weighted by atomic mass is 32.2. The van der Waals surface area contributed by atoms with Crippen molar-refractivity contribution in [1.82, 2.24) is 30.0 Å². The number of amides is 3. The lowest BCUT2D eigenvalue weighted by Gasteiger charge is -2.53. The number of β-lactam (4-membered cyclic amide) rings is 1. The highest BCUT2D eigenvalue weighted by molar-refractivity contribution is 7.99. The SMILES string of the molecule is NC(=O)Cn1nnnc1SCC1=C(C(=O)O)N2C(=O)[C@@H]3[C@H]2C1CCN3C(=O)C(F)(F)F. The number of halogens is 3. The van der Waals surface area contributed by atoms with Gasteiger partial charge in [0.1, 0.15) is 18.3 Å². The van der Waals surface area contributed by atoms with Crippen LogP contribution in [0.5, 0.6) is 0 Å². The Morgan fingerprint density at radius 2 is 2.00 bits per heavy atom. The molecule has 1 unspecified atom stereocenters. The number of nitrogens with two attached hydrogens (primary N) is 1. The second-order valence-electron chi connectivity index (χ2n) is 7.09. The first-order valence-corrected chi connectivity index (χ1v) is 9.85. The number of carbonyl (C=O) groups is 4. The van der Waals surface area contributed by atoms with Gasteiger partial charge >= 0.3 is 18.1 Å². The molecule has 166 valence electrons. The lowest BCUT2D eigenvalue weighted by molar-refractivity contribution is -0.198. The molecule has 3 N–H and O–H groups in total. The molecule has 2 saturated heterocycles. The van der Waals surface area contributed by atoms with Crippen molar-refractivity contribution in [3.05, 3.63) is 11.3 Å². The van der Waals surface area contributed by atoms with Crippen LogP contribution < -0.4 is 5.73 Å². The van der Waals surface area contributed by atoms with Crippen molar-refractivity contribution in [2.24, 2.45) is 11.7 Å². The Morgan fingerprint density at radius 1 is 1.29 bits per heavy atom. The predicted molar refractivity (Wildman–Crippen MR) is 92.7 cm³/mol. The molecule has 3 aliphatic heterocycles. The molecule has 16 heteroatoms. The third-order valence-corrected chi connectivity index (χ3v) is 6.41. The summed E-state index contributed by atoms with van der Waals surface area (Å²) in [4.78, 5) is 48.7. The summed E-state index contributed by atoms with van der Waals surface area (Å²) in [6.07, 6.45) is -5.07. The largest absolute Gasteiger partial charge is 0.477 e. The predicted octanol–water partition coefficient (Wildman–Crippen LogP) is -1.41. The minimum Gasteiger partial charge on any atom is -0.477 e. The van der Waals surface area contributed by atoms with Crippen LogP contribution in [-0.2, 0) is 25.7 Å². The normalized spacial score (nSPS) is 24.9. The first kappa shape index (κ1) is 21.1. The fourth-order valence-corrected chi connectivity index (χ4v) is 5.25. The van der Waals surface area contributed by atoms with E-state index in [4.69, 9.17) is 5.73 Å². The molecule has 1 aromatic heterocycles. The van der Waals surface area contributed by atoms with E-state index in [0.717, 1.165) is 21.3 Å². The zero-order valence-electron chi connectivity index (χ0n) is 15.4. The average Bonchev–Trinajstić information content (AvgIpc) is 3.24. The molecule has 0 spiro atoms. The molecule has 31 heavy (non-hydrogen) atoms. The number of aromatic nitrogens is 4. The number of piperidine rings is 1. The molecule has 2 fully saturated rings. The third kappa shape index (κ3) is 3.30. The zero-order valence-corrected chi connectivity index (χ0v) is 16.3. The molecule has 3 aliphatic rings. The average molecular weight is 461 g/mol. The van der Waals surface area contributed by atoms with Gasteiger partial charge in [0, 0.05) is 18.2 Å². The molecule has 4 rings (SSSR count). The van der Waals surface area contributed by atoms with Crippen LogP contribution in [0.1, 0.15) is 6.42 Å². The third-order valence-electron chi connectivity index (χ3n) is 5.40. The smallest absolute Gasteiger partial charge is 0.471 e. The van der Waals surface area contributed by atoms with Crippen LogP contribution in [0.15, 0.2) is 16.4 Å². The fraction of sp³-hybridized carbons (Fsp3) is 0.533. The minimum atomic E-state index is -5.13. The molecule has 0 saturated carbocycles. The summed E-state index contributed by atoms with van der Waals surface area (Å²) in [6.45, 7) is -0.627. The van der Waals surface area contributed by atoms with E-state index in [1.807, 2.05) is 0 Å². The number of hydrogen-bond acceptors (Lipinski definition) is 8. The fourth-order valence-electron chi connectivity index (χ4n) is 4.27. The van der Waals surface area contributed by atoms with Crippen molar-refractivity contribution in [3.63, 3.8) is 0 Å². The first-order valence-electron chi connectivity index (χ1n) is 8.86. The Labute approximate surface area is 175 Å².